The first-order valence-electron chi connectivity index (χ1n) is 6.68. The maximum atomic E-state index is 11.4. The lowest BCUT2D eigenvalue weighted by atomic mass is 10.1. The number of rotatable bonds is 7. The summed E-state index contributed by atoms with van der Waals surface area (Å²) in [5.41, 5.74) is 0.677. The highest BCUT2D eigenvalue weighted by Crippen LogP contribution is 2.18. The Kier molecular flexibility index (Phi) is 4.55. The lowest BCUT2D eigenvalue weighted by Gasteiger charge is -2.07. The summed E-state index contributed by atoms with van der Waals surface area (Å²) in [6.07, 6.45) is 3.44. The zero-order chi connectivity index (χ0) is 13.7. The Morgan fingerprint density at radius 3 is 2.53 bits per heavy atom. The van der Waals surface area contributed by atoms with Crippen LogP contribution in [0.5, 0.6) is 5.75 Å². The first-order valence-corrected chi connectivity index (χ1v) is 6.68. The molecule has 1 aliphatic carbocycles. The third kappa shape index (κ3) is 4.73. The molecule has 19 heavy (non-hydrogen) atoms. The standard InChI is InChI=1S/C15H19NO3/c1-11(17)12-4-8-14(9-5-12)19-10-2-3-15(18)16-13-6-7-13/h4-5,8-9,13H,2-3,6-7,10H2,1H3,(H,16,18). The fourth-order valence-electron chi connectivity index (χ4n) is 1.74. The second-order valence-electron chi connectivity index (χ2n) is 4.87. The van der Waals surface area contributed by atoms with Gasteiger partial charge in [0.05, 0.1) is 6.61 Å². The van der Waals surface area contributed by atoms with Crippen LogP contribution in [0.15, 0.2) is 24.3 Å². The van der Waals surface area contributed by atoms with Gasteiger partial charge in [-0.3, -0.25) is 9.59 Å². The average Bonchev–Trinajstić information content (AvgIpc) is 3.19. The molecule has 0 aliphatic heterocycles. The van der Waals surface area contributed by atoms with Crippen molar-refractivity contribution >= 4 is 11.7 Å². The minimum absolute atomic E-state index is 0.0447. The number of nitrogens with one attached hydrogen (secondary N) is 1. The molecule has 1 aromatic rings. The normalized spacial score (nSPS) is 13.9. The van der Waals surface area contributed by atoms with Crippen molar-refractivity contribution in [2.75, 3.05) is 6.61 Å². The topological polar surface area (TPSA) is 55.4 Å². The smallest absolute Gasteiger partial charge is 0.220 e. The molecule has 1 N–H and O–H groups in total. The molecule has 4 heteroatoms. The highest BCUT2D eigenvalue weighted by Gasteiger charge is 2.22. The molecule has 1 aliphatic rings. The molecule has 1 fully saturated rings. The Balaban J connectivity index is 1.64. The van der Waals surface area contributed by atoms with Crippen LogP contribution in [0.1, 0.15) is 43.0 Å². The van der Waals surface area contributed by atoms with Crippen molar-refractivity contribution in [2.45, 2.75) is 38.6 Å². The van der Waals surface area contributed by atoms with Crippen molar-refractivity contribution < 1.29 is 14.3 Å². The van der Waals surface area contributed by atoms with Gasteiger partial charge in [-0.1, -0.05) is 0 Å². The molecule has 1 amide bonds. The predicted molar refractivity (Wildman–Crippen MR) is 72.3 cm³/mol. The van der Waals surface area contributed by atoms with E-state index in [0.29, 0.717) is 31.1 Å². The Morgan fingerprint density at radius 1 is 1.26 bits per heavy atom. The van der Waals surface area contributed by atoms with Gasteiger partial charge in [-0.25, -0.2) is 0 Å². The summed E-state index contributed by atoms with van der Waals surface area (Å²) in [5.74, 6) is 0.883. The summed E-state index contributed by atoms with van der Waals surface area (Å²) in [5, 5.41) is 2.94. The van der Waals surface area contributed by atoms with E-state index in [1.54, 1.807) is 24.3 Å². The monoisotopic (exact) mass is 261 g/mol. The number of ether oxygens (including phenoxy) is 1. The van der Waals surface area contributed by atoms with Crippen LogP contribution in [0.3, 0.4) is 0 Å². The van der Waals surface area contributed by atoms with E-state index < -0.39 is 0 Å². The lowest BCUT2D eigenvalue weighted by Crippen LogP contribution is -2.25. The lowest BCUT2D eigenvalue weighted by molar-refractivity contribution is -0.121. The van der Waals surface area contributed by atoms with Gasteiger partial charge in [0.15, 0.2) is 5.78 Å². The maximum absolute atomic E-state index is 11.4. The number of Topliss-reactive ketones (excluding diaryl/α,β-unsaturated/α-hetero) is 1. The maximum Gasteiger partial charge on any atom is 0.220 e. The van der Waals surface area contributed by atoms with E-state index in [9.17, 15) is 9.59 Å². The van der Waals surface area contributed by atoms with Crippen molar-refractivity contribution in [3.8, 4) is 5.75 Å². The van der Waals surface area contributed by atoms with E-state index in [-0.39, 0.29) is 11.7 Å². The van der Waals surface area contributed by atoms with Crippen molar-refractivity contribution in [1.82, 2.24) is 5.32 Å². The molecule has 0 unspecified atom stereocenters. The second-order valence-corrected chi connectivity index (χ2v) is 4.87. The summed E-state index contributed by atoms with van der Waals surface area (Å²) in [7, 11) is 0. The predicted octanol–water partition coefficient (Wildman–Crippen LogP) is 2.33. The van der Waals surface area contributed by atoms with Crippen LogP contribution in [0, 0.1) is 0 Å². The molecule has 0 atom stereocenters. The highest BCUT2D eigenvalue weighted by atomic mass is 16.5. The molecular formula is C15H19NO3. The summed E-state index contributed by atoms with van der Waals surface area (Å²) < 4.78 is 5.52. The number of hydrogen-bond acceptors (Lipinski definition) is 3. The molecule has 0 aromatic heterocycles. The highest BCUT2D eigenvalue weighted by molar-refractivity contribution is 5.94. The molecule has 1 aromatic carbocycles. The number of ketones is 1. The molecule has 1 saturated carbocycles. The third-order valence-corrected chi connectivity index (χ3v) is 3.02. The zero-order valence-corrected chi connectivity index (χ0v) is 11.1. The van der Waals surface area contributed by atoms with Gasteiger partial charge in [-0.2, -0.15) is 0 Å². The summed E-state index contributed by atoms with van der Waals surface area (Å²) in [4.78, 5) is 22.5. The number of hydrogen-bond donors (Lipinski definition) is 1. The summed E-state index contributed by atoms with van der Waals surface area (Å²) >= 11 is 0. The van der Waals surface area contributed by atoms with Crippen molar-refractivity contribution in [1.29, 1.82) is 0 Å². The van der Waals surface area contributed by atoms with Gasteiger partial charge in [0.25, 0.3) is 0 Å². The fraction of sp³-hybridized carbons (Fsp3) is 0.467. The number of carbonyl (C=O) groups excluding carboxylic acids is 2. The Morgan fingerprint density at radius 2 is 1.95 bits per heavy atom. The van der Waals surface area contributed by atoms with Gasteiger partial charge < -0.3 is 10.1 Å². The molecule has 0 bridgehead atoms. The molecule has 102 valence electrons. The van der Waals surface area contributed by atoms with Gasteiger partial charge in [0.2, 0.25) is 5.91 Å². The molecule has 0 spiro atoms. The second kappa shape index (κ2) is 6.36. The third-order valence-electron chi connectivity index (χ3n) is 3.02. The van der Waals surface area contributed by atoms with Gasteiger partial charge >= 0.3 is 0 Å². The average molecular weight is 261 g/mol. The van der Waals surface area contributed by atoms with Crippen molar-refractivity contribution in [2.24, 2.45) is 0 Å². The Labute approximate surface area is 113 Å². The van der Waals surface area contributed by atoms with Gasteiger partial charge in [-0.05, 0) is 50.5 Å². The Bertz CT molecular complexity index is 449. The van der Waals surface area contributed by atoms with Crippen molar-refractivity contribution in [3.63, 3.8) is 0 Å². The minimum Gasteiger partial charge on any atom is -0.494 e. The number of benzene rings is 1. The van der Waals surface area contributed by atoms with E-state index in [2.05, 4.69) is 5.32 Å². The van der Waals surface area contributed by atoms with Gasteiger partial charge in [-0.15, -0.1) is 0 Å². The Hall–Kier alpha value is -1.84. The van der Waals surface area contributed by atoms with E-state index >= 15 is 0 Å². The molecule has 0 radical (unpaired) electrons. The number of amides is 1. The summed E-state index contributed by atoms with van der Waals surface area (Å²) in [6.45, 7) is 2.05. The van der Waals surface area contributed by atoms with Crippen LogP contribution in [-0.2, 0) is 4.79 Å². The van der Waals surface area contributed by atoms with E-state index in [1.165, 1.54) is 6.92 Å². The van der Waals surface area contributed by atoms with Crippen LogP contribution in [0.25, 0.3) is 0 Å². The first-order chi connectivity index (χ1) is 9.15. The van der Waals surface area contributed by atoms with E-state index in [1.807, 2.05) is 0 Å². The van der Waals surface area contributed by atoms with Crippen molar-refractivity contribution in [3.05, 3.63) is 29.8 Å². The number of carbonyl (C=O) groups is 2. The molecule has 0 heterocycles. The zero-order valence-electron chi connectivity index (χ0n) is 11.1. The fourth-order valence-corrected chi connectivity index (χ4v) is 1.74. The molecule has 2 rings (SSSR count). The first kappa shape index (κ1) is 13.6. The van der Waals surface area contributed by atoms with Gasteiger partial charge in [0, 0.05) is 18.0 Å². The van der Waals surface area contributed by atoms with Gasteiger partial charge in [0.1, 0.15) is 5.75 Å². The molecule has 4 nitrogen and oxygen atoms in total. The quantitative estimate of drug-likeness (QED) is 0.605. The van der Waals surface area contributed by atoms with Crippen LogP contribution < -0.4 is 10.1 Å². The van der Waals surface area contributed by atoms with Crippen LogP contribution in [-0.4, -0.2) is 24.3 Å². The van der Waals surface area contributed by atoms with E-state index in [0.717, 1.165) is 18.6 Å². The van der Waals surface area contributed by atoms with E-state index in [4.69, 9.17) is 4.74 Å². The largest absolute Gasteiger partial charge is 0.494 e. The van der Waals surface area contributed by atoms with Crippen LogP contribution in [0.2, 0.25) is 0 Å². The minimum atomic E-state index is 0.0447. The SMILES string of the molecule is CC(=O)c1ccc(OCCCC(=O)NC2CC2)cc1. The van der Waals surface area contributed by atoms with Crippen LogP contribution in [0.4, 0.5) is 0 Å². The summed E-state index contributed by atoms with van der Waals surface area (Å²) in [6, 6.07) is 7.48. The molecular weight excluding hydrogens is 242 g/mol. The van der Waals surface area contributed by atoms with Crippen LogP contribution >= 0.6 is 0 Å². The molecule has 0 saturated heterocycles.